The molecule has 4 rings (SSSR count). The number of aldehydes is 1. The van der Waals surface area contributed by atoms with Crippen molar-refractivity contribution in [3.63, 3.8) is 0 Å². The minimum absolute atomic E-state index is 0.0124. The van der Waals surface area contributed by atoms with E-state index < -0.39 is 0 Å². The molecule has 1 aromatic carbocycles. The molecule has 0 amide bonds. The van der Waals surface area contributed by atoms with Gasteiger partial charge in [0.15, 0.2) is 0 Å². The fourth-order valence-corrected chi connectivity index (χ4v) is 4.10. The second-order valence-electron chi connectivity index (χ2n) is 9.26. The fraction of sp³-hybridized carbons (Fsp3) is 0.565. The number of aromatic nitrogens is 2. The van der Waals surface area contributed by atoms with E-state index in [-0.39, 0.29) is 10.8 Å². The molecule has 27 heavy (non-hydrogen) atoms. The van der Waals surface area contributed by atoms with Crippen LogP contribution in [0.1, 0.15) is 57.8 Å². The minimum atomic E-state index is -0.243. The van der Waals surface area contributed by atoms with Gasteiger partial charge >= 0.3 is 0 Å². The Morgan fingerprint density at radius 3 is 2.63 bits per heavy atom. The summed E-state index contributed by atoms with van der Waals surface area (Å²) < 4.78 is 7.87. The van der Waals surface area contributed by atoms with Crippen LogP contribution in [0.2, 0.25) is 0 Å². The van der Waals surface area contributed by atoms with Gasteiger partial charge in [-0.3, -0.25) is 0 Å². The van der Waals surface area contributed by atoms with Crippen LogP contribution in [0.25, 0.3) is 11.3 Å². The highest BCUT2D eigenvalue weighted by Crippen LogP contribution is 2.46. The lowest BCUT2D eigenvalue weighted by molar-refractivity contribution is -0.109. The molecule has 1 aliphatic heterocycles. The van der Waals surface area contributed by atoms with Crippen LogP contribution >= 0.6 is 0 Å². The molecule has 0 N–H and O–H groups in total. The van der Waals surface area contributed by atoms with Crippen LogP contribution in [0.15, 0.2) is 30.5 Å². The van der Waals surface area contributed by atoms with Crippen molar-refractivity contribution >= 4 is 6.29 Å². The highest BCUT2D eigenvalue weighted by molar-refractivity contribution is 5.74. The van der Waals surface area contributed by atoms with E-state index in [1.54, 1.807) is 0 Å². The van der Waals surface area contributed by atoms with Gasteiger partial charge in [0.1, 0.15) is 12.1 Å². The quantitative estimate of drug-likeness (QED) is 0.732. The zero-order chi connectivity index (χ0) is 19.1. The van der Waals surface area contributed by atoms with E-state index in [4.69, 9.17) is 9.72 Å². The van der Waals surface area contributed by atoms with Crippen molar-refractivity contribution in [2.75, 3.05) is 13.2 Å². The molecule has 0 bridgehead atoms. The molecule has 0 radical (unpaired) electrons. The van der Waals surface area contributed by atoms with Gasteiger partial charge in [-0.05, 0) is 43.2 Å². The van der Waals surface area contributed by atoms with E-state index in [1.165, 1.54) is 0 Å². The predicted octanol–water partition coefficient (Wildman–Crippen LogP) is 4.50. The normalized spacial score (nSPS) is 19.8. The number of imidazole rings is 1. The lowest BCUT2D eigenvalue weighted by Gasteiger charge is -2.25. The van der Waals surface area contributed by atoms with Crippen LogP contribution in [-0.2, 0) is 26.9 Å². The van der Waals surface area contributed by atoms with Crippen molar-refractivity contribution < 1.29 is 9.53 Å². The van der Waals surface area contributed by atoms with E-state index in [2.05, 4.69) is 55.8 Å². The van der Waals surface area contributed by atoms with Crippen molar-refractivity contribution in [3.8, 4) is 11.3 Å². The lowest BCUT2D eigenvalue weighted by atomic mass is 9.94. The summed E-state index contributed by atoms with van der Waals surface area (Å²) in [6.45, 7) is 9.41. The third kappa shape index (κ3) is 3.73. The number of hydrogen-bond acceptors (Lipinski definition) is 3. The number of hydrogen-bond donors (Lipinski definition) is 0. The Hall–Kier alpha value is -1.94. The molecule has 2 aromatic rings. The molecule has 4 nitrogen and oxygen atoms in total. The molecule has 0 spiro atoms. The van der Waals surface area contributed by atoms with Crippen LogP contribution in [0.4, 0.5) is 0 Å². The summed E-state index contributed by atoms with van der Waals surface area (Å²) in [6, 6.07) is 8.41. The maximum absolute atomic E-state index is 11.5. The van der Waals surface area contributed by atoms with Crippen LogP contribution < -0.4 is 0 Å². The van der Waals surface area contributed by atoms with Gasteiger partial charge in [-0.25, -0.2) is 4.98 Å². The number of benzene rings is 1. The molecule has 2 heterocycles. The molecule has 0 unspecified atom stereocenters. The summed E-state index contributed by atoms with van der Waals surface area (Å²) in [5, 5.41) is 0. The Morgan fingerprint density at radius 2 is 2.00 bits per heavy atom. The van der Waals surface area contributed by atoms with Gasteiger partial charge in [0, 0.05) is 36.9 Å². The molecule has 2 aliphatic rings. The topological polar surface area (TPSA) is 44.1 Å². The minimum Gasteiger partial charge on any atom is -0.381 e. The fourth-order valence-electron chi connectivity index (χ4n) is 4.10. The van der Waals surface area contributed by atoms with E-state index in [0.717, 1.165) is 74.4 Å². The van der Waals surface area contributed by atoms with E-state index >= 15 is 0 Å². The second-order valence-corrected chi connectivity index (χ2v) is 9.26. The van der Waals surface area contributed by atoms with Crippen molar-refractivity contribution in [1.82, 2.24) is 9.55 Å². The average molecular weight is 367 g/mol. The summed E-state index contributed by atoms with van der Waals surface area (Å²) in [5.41, 5.74) is 2.99. The zero-order valence-corrected chi connectivity index (χ0v) is 16.7. The maximum atomic E-state index is 11.5. The largest absolute Gasteiger partial charge is 0.381 e. The Balaban J connectivity index is 1.67. The number of carbonyl (C=O) groups excluding carboxylic acids is 1. The van der Waals surface area contributed by atoms with Gasteiger partial charge in [0.05, 0.1) is 11.1 Å². The number of carbonyl (C=O) groups is 1. The standard InChI is InChI=1S/C23H30N2O2/c1-22(2,3)21-24-20(15-25(21)14-17-7-11-27-12-8-17)18-5-4-6-19(13-18)23(16-26)9-10-23/h4-6,13,15-17H,7-12,14H2,1-3H3. The van der Waals surface area contributed by atoms with Crippen LogP contribution in [0, 0.1) is 5.92 Å². The molecule has 2 fully saturated rings. The Labute approximate surface area is 161 Å². The van der Waals surface area contributed by atoms with Gasteiger partial charge in [-0.2, -0.15) is 0 Å². The first-order chi connectivity index (χ1) is 12.9. The first-order valence-electron chi connectivity index (χ1n) is 10.1. The van der Waals surface area contributed by atoms with Crippen LogP contribution in [0.3, 0.4) is 0 Å². The number of rotatable bonds is 5. The van der Waals surface area contributed by atoms with E-state index in [0.29, 0.717) is 5.92 Å². The van der Waals surface area contributed by atoms with E-state index in [1.807, 2.05) is 0 Å². The predicted molar refractivity (Wildman–Crippen MR) is 107 cm³/mol. The smallest absolute Gasteiger partial charge is 0.130 e. The van der Waals surface area contributed by atoms with E-state index in [9.17, 15) is 4.79 Å². The third-order valence-electron chi connectivity index (χ3n) is 5.99. The van der Waals surface area contributed by atoms with Gasteiger partial charge in [-0.1, -0.05) is 39.0 Å². The zero-order valence-electron chi connectivity index (χ0n) is 16.7. The number of nitrogens with zero attached hydrogens (tertiary/aromatic N) is 2. The van der Waals surface area contributed by atoms with Gasteiger partial charge in [0.2, 0.25) is 0 Å². The molecular weight excluding hydrogens is 336 g/mol. The summed E-state index contributed by atoms with van der Waals surface area (Å²) in [4.78, 5) is 16.5. The van der Waals surface area contributed by atoms with Crippen molar-refractivity contribution in [2.45, 2.75) is 63.8 Å². The summed E-state index contributed by atoms with van der Waals surface area (Å²) in [7, 11) is 0. The monoisotopic (exact) mass is 366 g/mol. The van der Waals surface area contributed by atoms with Gasteiger partial charge in [0.25, 0.3) is 0 Å². The molecule has 1 aromatic heterocycles. The van der Waals surface area contributed by atoms with Crippen molar-refractivity contribution in [3.05, 3.63) is 41.9 Å². The van der Waals surface area contributed by atoms with Crippen LogP contribution in [-0.4, -0.2) is 29.1 Å². The molecule has 1 aliphatic carbocycles. The summed E-state index contributed by atoms with van der Waals surface area (Å²) >= 11 is 0. The van der Waals surface area contributed by atoms with Crippen molar-refractivity contribution in [2.24, 2.45) is 5.92 Å². The Bertz CT molecular complexity index is 821. The SMILES string of the molecule is CC(C)(C)c1nc(-c2cccc(C3(C=O)CC3)c2)cn1CC1CCOCC1. The average Bonchev–Trinajstić information content (AvgIpc) is 3.35. The molecule has 4 heteroatoms. The maximum Gasteiger partial charge on any atom is 0.130 e. The van der Waals surface area contributed by atoms with Crippen molar-refractivity contribution in [1.29, 1.82) is 0 Å². The van der Waals surface area contributed by atoms with Gasteiger partial charge < -0.3 is 14.1 Å². The molecular formula is C23H30N2O2. The Kier molecular flexibility index (Phi) is 4.71. The summed E-state index contributed by atoms with van der Waals surface area (Å²) in [6.07, 6.45) is 7.49. The Morgan fingerprint density at radius 1 is 1.26 bits per heavy atom. The summed E-state index contributed by atoms with van der Waals surface area (Å²) in [5.74, 6) is 1.78. The highest BCUT2D eigenvalue weighted by Gasteiger charge is 2.44. The van der Waals surface area contributed by atoms with Gasteiger partial charge in [-0.15, -0.1) is 0 Å². The molecule has 1 saturated heterocycles. The highest BCUT2D eigenvalue weighted by atomic mass is 16.5. The van der Waals surface area contributed by atoms with Crippen LogP contribution in [0.5, 0.6) is 0 Å². The molecule has 144 valence electrons. The lowest BCUT2D eigenvalue weighted by Crippen LogP contribution is -2.24. The first-order valence-corrected chi connectivity index (χ1v) is 10.1. The third-order valence-corrected chi connectivity index (χ3v) is 5.99. The second kappa shape index (κ2) is 6.90. The number of ether oxygens (including phenoxy) is 1. The molecule has 0 atom stereocenters. The first kappa shape index (κ1) is 18.4. The molecule has 1 saturated carbocycles.